The van der Waals surface area contributed by atoms with E-state index in [4.69, 9.17) is 4.74 Å². The van der Waals surface area contributed by atoms with Gasteiger partial charge in [-0.1, -0.05) is 19.3 Å². The predicted octanol–water partition coefficient (Wildman–Crippen LogP) is 1.10. The maximum absolute atomic E-state index is 12.8. The summed E-state index contributed by atoms with van der Waals surface area (Å²) < 4.78 is 33.0. The first-order valence-corrected chi connectivity index (χ1v) is 9.56. The second kappa shape index (κ2) is 5.91. The molecule has 0 aromatic carbocycles. The van der Waals surface area contributed by atoms with Gasteiger partial charge < -0.3 is 10.1 Å². The highest BCUT2D eigenvalue weighted by Crippen LogP contribution is 2.36. The number of ether oxygens (including phenoxy) is 1. The van der Waals surface area contributed by atoms with Crippen LogP contribution >= 0.6 is 0 Å². The summed E-state index contributed by atoms with van der Waals surface area (Å²) in [4.78, 5) is 0. The minimum atomic E-state index is -3.21. The van der Waals surface area contributed by atoms with E-state index in [-0.39, 0.29) is 17.4 Å². The molecule has 1 unspecified atom stereocenters. The lowest BCUT2D eigenvalue weighted by Crippen LogP contribution is -2.64. The molecule has 0 bridgehead atoms. The van der Waals surface area contributed by atoms with Gasteiger partial charge >= 0.3 is 0 Å². The molecule has 1 atom stereocenters. The number of piperazine rings is 1. The molecule has 1 saturated carbocycles. The smallest absolute Gasteiger partial charge is 0.217 e. The first-order chi connectivity index (χ1) is 9.62. The topological polar surface area (TPSA) is 58.6 Å². The van der Waals surface area contributed by atoms with Gasteiger partial charge in [-0.15, -0.1) is 0 Å². The third-order valence-electron chi connectivity index (χ3n) is 5.02. The minimum absolute atomic E-state index is 0.0875. The molecule has 0 aromatic heterocycles. The van der Waals surface area contributed by atoms with Gasteiger partial charge in [0.05, 0.1) is 11.9 Å². The summed E-state index contributed by atoms with van der Waals surface area (Å²) in [6, 6.07) is 0. The van der Waals surface area contributed by atoms with Gasteiger partial charge in [0.1, 0.15) is 0 Å². The molecule has 1 N–H and O–H groups in total. The second-order valence-electron chi connectivity index (χ2n) is 6.45. The van der Waals surface area contributed by atoms with Gasteiger partial charge in [0.15, 0.2) is 0 Å². The summed E-state index contributed by atoms with van der Waals surface area (Å²) in [7, 11) is -3.21. The Bertz CT molecular complexity index is 417. The Balaban J connectivity index is 1.77. The Kier molecular flexibility index (Phi) is 4.36. The van der Waals surface area contributed by atoms with E-state index in [1.54, 1.807) is 0 Å². The quantitative estimate of drug-likeness (QED) is 0.848. The molecule has 2 saturated heterocycles. The molecule has 3 aliphatic rings. The number of hydrogen-bond donors (Lipinski definition) is 1. The number of hydrogen-bond acceptors (Lipinski definition) is 4. The Morgan fingerprint density at radius 3 is 2.70 bits per heavy atom. The lowest BCUT2D eigenvalue weighted by Gasteiger charge is -2.48. The van der Waals surface area contributed by atoms with Crippen LogP contribution in [-0.2, 0) is 14.8 Å². The highest BCUT2D eigenvalue weighted by Gasteiger charge is 2.46. The fourth-order valence-corrected chi connectivity index (χ4v) is 6.12. The van der Waals surface area contributed by atoms with E-state index in [9.17, 15) is 8.42 Å². The SMILES string of the molecule is O=S(=O)(CC1CCCO1)N1CCNCC12CCCCC2. The minimum Gasteiger partial charge on any atom is -0.377 e. The van der Waals surface area contributed by atoms with Crippen molar-refractivity contribution >= 4 is 10.0 Å². The maximum atomic E-state index is 12.8. The average molecular weight is 302 g/mol. The Hall–Kier alpha value is -0.170. The third-order valence-corrected chi connectivity index (χ3v) is 7.05. The molecule has 0 radical (unpaired) electrons. The molecule has 116 valence electrons. The van der Waals surface area contributed by atoms with Crippen LogP contribution in [0.25, 0.3) is 0 Å². The van der Waals surface area contributed by atoms with Crippen molar-refractivity contribution in [2.24, 2.45) is 0 Å². The van der Waals surface area contributed by atoms with Crippen molar-refractivity contribution in [1.82, 2.24) is 9.62 Å². The maximum Gasteiger partial charge on any atom is 0.217 e. The predicted molar refractivity (Wildman–Crippen MR) is 78.2 cm³/mol. The summed E-state index contributed by atoms with van der Waals surface area (Å²) in [5, 5.41) is 3.40. The molecule has 1 aliphatic carbocycles. The van der Waals surface area contributed by atoms with Gasteiger partial charge in [-0.05, 0) is 25.7 Å². The van der Waals surface area contributed by atoms with E-state index >= 15 is 0 Å². The lowest BCUT2D eigenvalue weighted by atomic mass is 9.80. The van der Waals surface area contributed by atoms with Crippen LogP contribution in [0.15, 0.2) is 0 Å². The van der Waals surface area contributed by atoms with Crippen LogP contribution in [0.5, 0.6) is 0 Å². The zero-order chi connectivity index (χ0) is 14.1. The zero-order valence-electron chi connectivity index (χ0n) is 12.1. The molecule has 20 heavy (non-hydrogen) atoms. The number of rotatable bonds is 3. The van der Waals surface area contributed by atoms with Crippen LogP contribution in [-0.4, -0.2) is 56.4 Å². The van der Waals surface area contributed by atoms with Crippen molar-refractivity contribution in [3.8, 4) is 0 Å². The van der Waals surface area contributed by atoms with E-state index in [1.807, 2.05) is 4.31 Å². The van der Waals surface area contributed by atoms with Crippen LogP contribution in [0.2, 0.25) is 0 Å². The Morgan fingerprint density at radius 2 is 2.00 bits per heavy atom. The van der Waals surface area contributed by atoms with Gasteiger partial charge in [-0.25, -0.2) is 8.42 Å². The molecule has 6 heteroatoms. The first-order valence-electron chi connectivity index (χ1n) is 7.95. The van der Waals surface area contributed by atoms with E-state index in [0.717, 1.165) is 51.6 Å². The van der Waals surface area contributed by atoms with E-state index in [1.165, 1.54) is 6.42 Å². The lowest BCUT2D eigenvalue weighted by molar-refractivity contribution is 0.0949. The molecule has 1 spiro atoms. The zero-order valence-corrected chi connectivity index (χ0v) is 13.0. The third kappa shape index (κ3) is 2.89. The average Bonchev–Trinajstić information content (AvgIpc) is 2.92. The van der Waals surface area contributed by atoms with Crippen molar-refractivity contribution in [3.05, 3.63) is 0 Å². The van der Waals surface area contributed by atoms with Crippen LogP contribution in [0.4, 0.5) is 0 Å². The molecule has 3 rings (SSSR count). The van der Waals surface area contributed by atoms with Gasteiger partial charge in [-0.2, -0.15) is 4.31 Å². The van der Waals surface area contributed by atoms with E-state index in [0.29, 0.717) is 13.2 Å². The van der Waals surface area contributed by atoms with Gasteiger partial charge in [0, 0.05) is 31.8 Å². The molecule has 3 fully saturated rings. The summed E-state index contributed by atoms with van der Waals surface area (Å²) >= 11 is 0. The van der Waals surface area contributed by atoms with Crippen LogP contribution in [0.3, 0.4) is 0 Å². The number of nitrogens with zero attached hydrogens (tertiary/aromatic N) is 1. The molecule has 0 aromatic rings. The monoisotopic (exact) mass is 302 g/mol. The standard InChI is InChI=1S/C14H26N2O3S/c17-20(18,11-13-5-4-10-19-13)16-9-8-15-12-14(16)6-2-1-3-7-14/h13,15H,1-12H2. The van der Waals surface area contributed by atoms with Gasteiger partial charge in [0.2, 0.25) is 10.0 Å². The highest BCUT2D eigenvalue weighted by molar-refractivity contribution is 7.89. The van der Waals surface area contributed by atoms with Crippen molar-refractivity contribution in [2.75, 3.05) is 32.0 Å². The first kappa shape index (κ1) is 14.8. The van der Waals surface area contributed by atoms with Crippen LogP contribution in [0.1, 0.15) is 44.9 Å². The molecule has 2 aliphatic heterocycles. The molecular weight excluding hydrogens is 276 g/mol. The van der Waals surface area contributed by atoms with Crippen molar-refractivity contribution < 1.29 is 13.2 Å². The second-order valence-corrected chi connectivity index (χ2v) is 8.39. The van der Waals surface area contributed by atoms with Crippen molar-refractivity contribution in [2.45, 2.75) is 56.6 Å². The molecule has 2 heterocycles. The van der Waals surface area contributed by atoms with Gasteiger partial charge in [0.25, 0.3) is 0 Å². The van der Waals surface area contributed by atoms with Gasteiger partial charge in [-0.3, -0.25) is 0 Å². The number of nitrogens with one attached hydrogen (secondary N) is 1. The molecule has 5 nitrogen and oxygen atoms in total. The summed E-state index contributed by atoms with van der Waals surface area (Å²) in [6.45, 7) is 2.92. The highest BCUT2D eigenvalue weighted by atomic mass is 32.2. The Labute approximate surface area is 122 Å². The molecular formula is C14H26N2O3S. The summed E-state index contributed by atoms with van der Waals surface area (Å²) in [5.74, 6) is 0.175. The molecule has 0 amide bonds. The fraction of sp³-hybridized carbons (Fsp3) is 1.00. The number of sulfonamides is 1. The van der Waals surface area contributed by atoms with E-state index < -0.39 is 10.0 Å². The van der Waals surface area contributed by atoms with Crippen molar-refractivity contribution in [3.63, 3.8) is 0 Å². The largest absolute Gasteiger partial charge is 0.377 e. The normalized spacial score (nSPS) is 31.7. The van der Waals surface area contributed by atoms with Crippen LogP contribution < -0.4 is 5.32 Å². The summed E-state index contributed by atoms with van der Waals surface area (Å²) in [6.07, 6.45) is 7.33. The van der Waals surface area contributed by atoms with Crippen molar-refractivity contribution in [1.29, 1.82) is 0 Å². The fourth-order valence-electron chi connectivity index (χ4n) is 4.00. The van der Waals surface area contributed by atoms with Crippen LogP contribution in [0, 0.1) is 0 Å². The van der Waals surface area contributed by atoms with E-state index in [2.05, 4.69) is 5.32 Å². The summed E-state index contributed by atoms with van der Waals surface area (Å²) in [5.41, 5.74) is -0.159. The Morgan fingerprint density at radius 1 is 1.20 bits per heavy atom.